The number of rotatable bonds is 6. The molecule has 12 heavy (non-hydrogen) atoms. The molecule has 0 aliphatic carbocycles. The van der Waals surface area contributed by atoms with Gasteiger partial charge >= 0.3 is 0 Å². The van der Waals surface area contributed by atoms with Crippen LogP contribution in [0.4, 0.5) is 0 Å². The normalized spacial score (nSPS) is 12.5. The van der Waals surface area contributed by atoms with Crippen molar-refractivity contribution >= 4 is 0 Å². The lowest BCUT2D eigenvalue weighted by Crippen LogP contribution is -2.40. The van der Waals surface area contributed by atoms with Gasteiger partial charge in [0, 0.05) is 5.54 Å². The van der Waals surface area contributed by atoms with Gasteiger partial charge in [0.1, 0.15) is 0 Å². The zero-order chi connectivity index (χ0) is 9.61. The van der Waals surface area contributed by atoms with Gasteiger partial charge in [0.05, 0.1) is 0 Å². The quantitative estimate of drug-likeness (QED) is 0.656. The summed E-state index contributed by atoms with van der Waals surface area (Å²) in [5.41, 5.74) is 0.280. The molecule has 0 aliphatic rings. The van der Waals surface area contributed by atoms with Gasteiger partial charge in [-0.05, 0) is 47.0 Å². The first kappa shape index (κ1) is 11.9. The molecule has 0 saturated carbocycles. The van der Waals surface area contributed by atoms with Crippen LogP contribution in [0.5, 0.6) is 0 Å². The van der Waals surface area contributed by atoms with Gasteiger partial charge in [0.15, 0.2) is 0 Å². The van der Waals surface area contributed by atoms with Crippen LogP contribution in [-0.4, -0.2) is 37.1 Å². The maximum Gasteiger partial charge on any atom is 0.0134 e. The Bertz CT molecular complexity index is 106. The zero-order valence-electron chi connectivity index (χ0n) is 9.28. The molecule has 0 fully saturated rings. The highest BCUT2D eigenvalue weighted by atomic mass is 15.1. The molecule has 0 heterocycles. The van der Waals surface area contributed by atoms with Gasteiger partial charge in [-0.2, -0.15) is 0 Å². The predicted molar refractivity (Wildman–Crippen MR) is 55.5 cm³/mol. The minimum atomic E-state index is 0.280. The standard InChI is InChI=1S/C10H24N2/c1-6-12(7-2)9-8-10(3,4)11-5/h11H,6-9H2,1-5H3. The fourth-order valence-electron chi connectivity index (χ4n) is 1.10. The third-order valence-electron chi connectivity index (χ3n) is 2.62. The van der Waals surface area contributed by atoms with Crippen molar-refractivity contribution in [3.63, 3.8) is 0 Å². The van der Waals surface area contributed by atoms with Crippen molar-refractivity contribution in [2.75, 3.05) is 26.7 Å². The summed E-state index contributed by atoms with van der Waals surface area (Å²) in [6.07, 6.45) is 1.21. The van der Waals surface area contributed by atoms with E-state index in [1.807, 2.05) is 7.05 Å². The van der Waals surface area contributed by atoms with E-state index >= 15 is 0 Å². The molecule has 0 atom stereocenters. The molecular weight excluding hydrogens is 148 g/mol. The largest absolute Gasteiger partial charge is 0.315 e. The van der Waals surface area contributed by atoms with E-state index in [2.05, 4.69) is 37.9 Å². The number of hydrogen-bond acceptors (Lipinski definition) is 2. The van der Waals surface area contributed by atoms with Gasteiger partial charge in [-0.3, -0.25) is 0 Å². The van der Waals surface area contributed by atoms with Crippen molar-refractivity contribution in [3.05, 3.63) is 0 Å². The summed E-state index contributed by atoms with van der Waals surface area (Å²) in [5.74, 6) is 0. The van der Waals surface area contributed by atoms with Crippen molar-refractivity contribution in [2.24, 2.45) is 0 Å². The molecule has 0 amide bonds. The highest BCUT2D eigenvalue weighted by molar-refractivity contribution is 4.76. The van der Waals surface area contributed by atoms with E-state index in [1.54, 1.807) is 0 Å². The molecule has 2 heteroatoms. The van der Waals surface area contributed by atoms with Crippen LogP contribution in [0.2, 0.25) is 0 Å². The minimum Gasteiger partial charge on any atom is -0.315 e. The molecule has 0 aromatic heterocycles. The Morgan fingerprint density at radius 2 is 1.67 bits per heavy atom. The van der Waals surface area contributed by atoms with Crippen molar-refractivity contribution in [3.8, 4) is 0 Å². The summed E-state index contributed by atoms with van der Waals surface area (Å²) in [5, 5.41) is 3.32. The molecule has 74 valence electrons. The fraction of sp³-hybridized carbons (Fsp3) is 1.00. The van der Waals surface area contributed by atoms with Crippen LogP contribution in [0.1, 0.15) is 34.1 Å². The highest BCUT2D eigenvalue weighted by Gasteiger charge is 2.14. The van der Waals surface area contributed by atoms with Crippen LogP contribution >= 0.6 is 0 Å². The second kappa shape index (κ2) is 5.55. The summed E-state index contributed by atoms with van der Waals surface area (Å²) in [7, 11) is 2.03. The third kappa shape index (κ3) is 4.73. The van der Waals surface area contributed by atoms with Crippen molar-refractivity contribution in [2.45, 2.75) is 39.7 Å². The van der Waals surface area contributed by atoms with Crippen molar-refractivity contribution in [1.82, 2.24) is 10.2 Å². The molecule has 0 aliphatic heterocycles. The van der Waals surface area contributed by atoms with Crippen LogP contribution < -0.4 is 5.32 Å². The molecule has 0 rings (SSSR count). The van der Waals surface area contributed by atoms with Crippen LogP contribution in [0.15, 0.2) is 0 Å². The third-order valence-corrected chi connectivity index (χ3v) is 2.62. The van der Waals surface area contributed by atoms with Gasteiger partial charge < -0.3 is 10.2 Å². The molecule has 1 N–H and O–H groups in total. The van der Waals surface area contributed by atoms with Crippen LogP contribution in [0.25, 0.3) is 0 Å². The number of hydrogen-bond donors (Lipinski definition) is 1. The molecule has 0 spiro atoms. The lowest BCUT2D eigenvalue weighted by molar-refractivity contribution is 0.257. The van der Waals surface area contributed by atoms with E-state index in [0.29, 0.717) is 0 Å². The average molecular weight is 172 g/mol. The maximum absolute atomic E-state index is 3.32. The molecular formula is C10H24N2. The van der Waals surface area contributed by atoms with Gasteiger partial charge in [0.25, 0.3) is 0 Å². The first-order chi connectivity index (χ1) is 5.55. The molecule has 0 saturated heterocycles. The van der Waals surface area contributed by atoms with Gasteiger partial charge in [0.2, 0.25) is 0 Å². The summed E-state index contributed by atoms with van der Waals surface area (Å²) in [6, 6.07) is 0. The zero-order valence-corrected chi connectivity index (χ0v) is 9.28. The van der Waals surface area contributed by atoms with Crippen LogP contribution in [0.3, 0.4) is 0 Å². The highest BCUT2D eigenvalue weighted by Crippen LogP contribution is 2.07. The minimum absolute atomic E-state index is 0.280. The van der Waals surface area contributed by atoms with Gasteiger partial charge in [-0.1, -0.05) is 13.8 Å². The van der Waals surface area contributed by atoms with E-state index in [9.17, 15) is 0 Å². The predicted octanol–water partition coefficient (Wildman–Crippen LogP) is 1.72. The Balaban J connectivity index is 3.65. The number of nitrogens with zero attached hydrogens (tertiary/aromatic N) is 1. The lowest BCUT2D eigenvalue weighted by Gasteiger charge is -2.27. The monoisotopic (exact) mass is 172 g/mol. The Morgan fingerprint density at radius 1 is 1.17 bits per heavy atom. The number of nitrogens with one attached hydrogen (secondary N) is 1. The van der Waals surface area contributed by atoms with E-state index in [-0.39, 0.29) is 5.54 Å². The van der Waals surface area contributed by atoms with Gasteiger partial charge in [-0.25, -0.2) is 0 Å². The van der Waals surface area contributed by atoms with E-state index in [1.165, 1.54) is 13.0 Å². The fourth-order valence-corrected chi connectivity index (χ4v) is 1.10. The van der Waals surface area contributed by atoms with Crippen LogP contribution in [-0.2, 0) is 0 Å². The summed E-state index contributed by atoms with van der Waals surface area (Å²) >= 11 is 0. The van der Waals surface area contributed by atoms with Gasteiger partial charge in [-0.15, -0.1) is 0 Å². The molecule has 0 aromatic carbocycles. The summed E-state index contributed by atoms with van der Waals surface area (Å²) in [6.45, 7) is 12.5. The molecule has 0 aromatic rings. The van der Waals surface area contributed by atoms with E-state index in [4.69, 9.17) is 0 Å². The SMILES string of the molecule is CCN(CC)CCC(C)(C)NC. The molecule has 0 unspecified atom stereocenters. The Kier molecular flexibility index (Phi) is 5.51. The molecule has 0 radical (unpaired) electrons. The Labute approximate surface area is 77.3 Å². The second-order valence-electron chi connectivity index (χ2n) is 3.91. The summed E-state index contributed by atoms with van der Waals surface area (Å²) < 4.78 is 0. The first-order valence-corrected chi connectivity index (χ1v) is 4.97. The Hall–Kier alpha value is -0.0800. The van der Waals surface area contributed by atoms with E-state index < -0.39 is 0 Å². The van der Waals surface area contributed by atoms with Crippen LogP contribution in [0, 0.1) is 0 Å². The summed E-state index contributed by atoms with van der Waals surface area (Å²) in [4.78, 5) is 2.46. The molecule has 0 bridgehead atoms. The van der Waals surface area contributed by atoms with Crippen molar-refractivity contribution < 1.29 is 0 Å². The topological polar surface area (TPSA) is 15.3 Å². The van der Waals surface area contributed by atoms with Crippen molar-refractivity contribution in [1.29, 1.82) is 0 Å². The Morgan fingerprint density at radius 3 is 2.00 bits per heavy atom. The van der Waals surface area contributed by atoms with E-state index in [0.717, 1.165) is 13.1 Å². The lowest BCUT2D eigenvalue weighted by atomic mass is 10.0. The molecule has 2 nitrogen and oxygen atoms in total. The smallest absolute Gasteiger partial charge is 0.0134 e. The average Bonchev–Trinajstić information content (AvgIpc) is 2.06. The first-order valence-electron chi connectivity index (χ1n) is 4.97. The second-order valence-corrected chi connectivity index (χ2v) is 3.91. The maximum atomic E-state index is 3.32.